The Morgan fingerprint density at radius 3 is 2.23 bits per heavy atom. The highest BCUT2D eigenvalue weighted by Crippen LogP contribution is 2.04. The minimum atomic E-state index is 0.569. The van der Waals surface area contributed by atoms with Crippen LogP contribution in [-0.2, 0) is 19.0 Å². The molecule has 0 radical (unpaired) electrons. The van der Waals surface area contributed by atoms with E-state index in [0.29, 0.717) is 52.7 Å². The van der Waals surface area contributed by atoms with E-state index in [2.05, 4.69) is 15.8 Å². The van der Waals surface area contributed by atoms with Crippen LogP contribution in [-0.4, -0.2) is 78.5 Å². The molecule has 0 spiro atoms. The van der Waals surface area contributed by atoms with Gasteiger partial charge in [0, 0.05) is 33.0 Å². The highest BCUT2D eigenvalue weighted by molar-refractivity contribution is 5.02. The number of hydroxylamine groups is 2. The molecule has 0 saturated heterocycles. The van der Waals surface area contributed by atoms with Crippen molar-refractivity contribution in [1.82, 2.24) is 5.06 Å². The van der Waals surface area contributed by atoms with Gasteiger partial charge in [-0.05, 0) is 18.4 Å². The van der Waals surface area contributed by atoms with Crippen LogP contribution < -0.4 is 0 Å². The van der Waals surface area contributed by atoms with Crippen LogP contribution in [0.1, 0.15) is 25.7 Å². The van der Waals surface area contributed by atoms with Gasteiger partial charge in [0.15, 0.2) is 0 Å². The molecule has 7 nitrogen and oxygen atoms in total. The monoisotopic (exact) mass is 369 g/mol. The molecule has 0 bridgehead atoms. The van der Waals surface area contributed by atoms with E-state index in [1.807, 2.05) is 7.05 Å². The molecule has 0 aliphatic rings. The average molecular weight is 370 g/mol. The van der Waals surface area contributed by atoms with E-state index < -0.39 is 0 Å². The summed E-state index contributed by atoms with van der Waals surface area (Å²) in [5, 5.41) is 1.78. The average Bonchev–Trinajstić information content (AvgIpc) is 2.66. The van der Waals surface area contributed by atoms with E-state index in [1.54, 1.807) is 12.2 Å². The number of ether oxygens (including phenoxy) is 3. The number of rotatable bonds is 18. The minimum Gasteiger partial charge on any atom is -0.381 e. The summed E-state index contributed by atoms with van der Waals surface area (Å²) < 4.78 is 16.9. The van der Waals surface area contributed by atoms with Crippen molar-refractivity contribution in [3.8, 4) is 13.1 Å². The van der Waals surface area contributed by atoms with Gasteiger partial charge < -0.3 is 19.0 Å². The molecule has 0 saturated carbocycles. The Labute approximate surface area is 158 Å². The lowest BCUT2D eigenvalue weighted by atomic mass is 10.2. The smallest absolute Gasteiger partial charge is 0.265 e. The van der Waals surface area contributed by atoms with Crippen molar-refractivity contribution in [2.75, 3.05) is 73.4 Å². The van der Waals surface area contributed by atoms with Crippen molar-refractivity contribution < 1.29 is 19.0 Å². The zero-order valence-electron chi connectivity index (χ0n) is 16.4. The van der Waals surface area contributed by atoms with Gasteiger partial charge in [-0.15, -0.1) is 0 Å². The van der Waals surface area contributed by atoms with E-state index >= 15 is 0 Å². The van der Waals surface area contributed by atoms with E-state index in [-0.39, 0.29) is 0 Å². The minimum absolute atomic E-state index is 0.569. The Morgan fingerprint density at radius 2 is 1.58 bits per heavy atom. The number of hydrogen-bond acceptors (Lipinski definition) is 5. The molecule has 7 heteroatoms. The van der Waals surface area contributed by atoms with Crippen molar-refractivity contribution >= 4 is 0 Å². The lowest BCUT2D eigenvalue weighted by Gasteiger charge is -2.13. The van der Waals surface area contributed by atoms with Gasteiger partial charge in [0.2, 0.25) is 0 Å². The summed E-state index contributed by atoms with van der Waals surface area (Å²) in [6.07, 6.45) is 5.48. The normalized spacial score (nSPS) is 11.5. The first-order valence-corrected chi connectivity index (χ1v) is 9.14. The lowest BCUT2D eigenvalue weighted by molar-refractivity contribution is -0.111. The second kappa shape index (κ2) is 19.8. The number of hydrogen-bond donors (Lipinski definition) is 0. The van der Waals surface area contributed by atoms with Gasteiger partial charge in [-0.1, -0.05) is 15.8 Å². The van der Waals surface area contributed by atoms with E-state index in [1.165, 1.54) is 5.57 Å². The maximum atomic E-state index is 5.67. The van der Waals surface area contributed by atoms with Crippen LogP contribution in [0.2, 0.25) is 0 Å². The molecular weight excluding hydrogens is 334 g/mol. The van der Waals surface area contributed by atoms with Crippen LogP contribution >= 0.6 is 0 Å². The second-order valence-corrected chi connectivity index (χ2v) is 5.76. The van der Waals surface area contributed by atoms with Crippen LogP contribution in [0.4, 0.5) is 0 Å². The molecule has 0 N–H and O–H groups in total. The molecule has 0 aromatic heterocycles. The highest BCUT2D eigenvalue weighted by Gasteiger charge is 2.02. The third-order valence-corrected chi connectivity index (χ3v) is 3.57. The largest absolute Gasteiger partial charge is 0.381 e. The fourth-order valence-corrected chi connectivity index (χ4v) is 2.00. The van der Waals surface area contributed by atoms with Gasteiger partial charge in [-0.3, -0.25) is 0 Å². The summed E-state index contributed by atoms with van der Waals surface area (Å²) in [5.41, 5.74) is 1.17. The first-order valence-electron chi connectivity index (χ1n) is 9.14. The number of nitrogens with zero attached hydrogens (tertiary/aromatic N) is 3. The lowest BCUT2D eigenvalue weighted by Crippen LogP contribution is -2.19. The quantitative estimate of drug-likeness (QED) is 0.211. The molecule has 0 aromatic carbocycles. The summed E-state index contributed by atoms with van der Waals surface area (Å²) in [4.78, 5) is 12.2. The van der Waals surface area contributed by atoms with Crippen molar-refractivity contribution in [1.29, 1.82) is 0 Å². The SMILES string of the molecule is C#[N+]CCCOCC/C(=C/COCCCN(C)OC)COCCC[N+]#C. The Balaban J connectivity index is 4.00. The zero-order valence-corrected chi connectivity index (χ0v) is 16.4. The van der Waals surface area contributed by atoms with Gasteiger partial charge in [-0.25, -0.2) is 0 Å². The van der Waals surface area contributed by atoms with Crippen molar-refractivity contribution in [2.24, 2.45) is 0 Å². The van der Waals surface area contributed by atoms with Crippen molar-refractivity contribution in [3.63, 3.8) is 0 Å². The fraction of sp³-hybridized carbons (Fsp3) is 0.789. The molecule has 0 unspecified atom stereocenters. The molecule has 0 heterocycles. The summed E-state index contributed by atoms with van der Waals surface area (Å²) >= 11 is 0. The van der Waals surface area contributed by atoms with Crippen LogP contribution in [0.15, 0.2) is 11.6 Å². The Morgan fingerprint density at radius 1 is 0.923 bits per heavy atom. The second-order valence-electron chi connectivity index (χ2n) is 5.76. The van der Waals surface area contributed by atoms with Crippen LogP contribution in [0.5, 0.6) is 0 Å². The molecule has 0 aliphatic carbocycles. The van der Waals surface area contributed by atoms with Crippen molar-refractivity contribution in [2.45, 2.75) is 25.7 Å². The van der Waals surface area contributed by atoms with Crippen LogP contribution in [0, 0.1) is 13.1 Å². The first-order chi connectivity index (χ1) is 12.7. The highest BCUT2D eigenvalue weighted by atomic mass is 16.7. The Bertz CT molecular complexity index is 429. The van der Waals surface area contributed by atoms with Gasteiger partial charge in [0.25, 0.3) is 26.2 Å². The molecule has 0 rings (SSSR count). The zero-order chi connectivity index (χ0) is 19.3. The fourth-order valence-electron chi connectivity index (χ4n) is 2.00. The summed E-state index contributed by atoms with van der Waals surface area (Å²) in [6, 6.07) is 0. The molecule has 0 aromatic rings. The summed E-state index contributed by atoms with van der Waals surface area (Å²) in [7, 11) is 3.55. The molecule has 0 amide bonds. The first kappa shape index (κ1) is 24.5. The molecule has 0 fully saturated rings. The maximum absolute atomic E-state index is 5.67. The van der Waals surface area contributed by atoms with Gasteiger partial charge in [0.05, 0.1) is 40.1 Å². The Hall–Kier alpha value is -1.48. The summed E-state index contributed by atoms with van der Waals surface area (Å²) in [6.45, 7) is 16.1. The third-order valence-electron chi connectivity index (χ3n) is 3.57. The van der Waals surface area contributed by atoms with E-state index in [0.717, 1.165) is 32.2 Å². The molecule has 26 heavy (non-hydrogen) atoms. The van der Waals surface area contributed by atoms with Crippen LogP contribution in [0.3, 0.4) is 0 Å². The maximum Gasteiger partial charge on any atom is 0.265 e. The Kier molecular flexibility index (Phi) is 18.7. The molecule has 0 atom stereocenters. The predicted octanol–water partition coefficient (Wildman–Crippen LogP) is 2.94. The predicted molar refractivity (Wildman–Crippen MR) is 105 cm³/mol. The molecule has 148 valence electrons. The van der Waals surface area contributed by atoms with Gasteiger partial charge in [0.1, 0.15) is 0 Å². The van der Waals surface area contributed by atoms with Gasteiger partial charge >= 0.3 is 0 Å². The topological polar surface area (TPSA) is 48.9 Å². The molecule has 0 aliphatic heterocycles. The third kappa shape index (κ3) is 17.3. The van der Waals surface area contributed by atoms with Crippen LogP contribution in [0.25, 0.3) is 9.69 Å². The van der Waals surface area contributed by atoms with E-state index in [4.69, 9.17) is 32.2 Å². The van der Waals surface area contributed by atoms with Gasteiger partial charge in [-0.2, -0.15) is 5.06 Å². The van der Waals surface area contributed by atoms with E-state index in [9.17, 15) is 0 Å². The van der Waals surface area contributed by atoms with Crippen molar-refractivity contribution in [3.05, 3.63) is 21.3 Å². The standard InChI is InChI=1S/C19H35N3O4/c1-20-10-5-13-24-16-8-19(18-26-14-6-11-21-2)9-17-25-15-7-12-22(3)23-4/h1-2,9H,5-8,10-18H2,3-4H3/q+2/b19-9-. The summed E-state index contributed by atoms with van der Waals surface area (Å²) in [5.74, 6) is 0. The molecular formula is C19H35N3O4+2.